The van der Waals surface area contributed by atoms with Gasteiger partial charge in [-0.2, -0.15) is 0 Å². The van der Waals surface area contributed by atoms with Crippen molar-refractivity contribution in [3.05, 3.63) is 34.3 Å². The van der Waals surface area contributed by atoms with Crippen LogP contribution in [0.3, 0.4) is 0 Å². The van der Waals surface area contributed by atoms with E-state index < -0.39 is 0 Å². The normalized spacial score (nSPS) is 10.4. The summed E-state index contributed by atoms with van der Waals surface area (Å²) in [6.45, 7) is 9.56. The minimum atomic E-state index is -0.104. The Morgan fingerprint density at radius 3 is 3.06 bits per heavy atom. The van der Waals surface area contributed by atoms with Gasteiger partial charge in [0, 0.05) is 24.1 Å². The van der Waals surface area contributed by atoms with Crippen LogP contribution in [0.4, 0.5) is 0 Å². The van der Waals surface area contributed by atoms with Crippen LogP contribution in [0.5, 0.6) is 0 Å². The van der Waals surface area contributed by atoms with E-state index in [1.807, 2.05) is 6.92 Å². The molecule has 1 rings (SSSR count). The van der Waals surface area contributed by atoms with Crippen LogP contribution in [0.15, 0.2) is 28.2 Å². The molecule has 0 atom stereocenters. The Hall–Kier alpha value is -1.07. The van der Waals surface area contributed by atoms with Gasteiger partial charge in [0.2, 0.25) is 0 Å². The standard InChI is InChI=1S/C11H17N3OS/c1-4-12-6-8(2)7-16-11-13-9(3)5-10(15)14-11/h5,12H,2,4,6-7H2,1,3H3,(H,13,14,15). The molecule has 0 aliphatic carbocycles. The number of nitrogens with zero attached hydrogens (tertiary/aromatic N) is 1. The van der Waals surface area contributed by atoms with Gasteiger partial charge in [-0.3, -0.25) is 4.79 Å². The third kappa shape index (κ3) is 4.63. The zero-order valence-corrected chi connectivity index (χ0v) is 10.5. The number of rotatable bonds is 6. The van der Waals surface area contributed by atoms with Crippen LogP contribution in [-0.4, -0.2) is 28.8 Å². The Morgan fingerprint density at radius 2 is 2.44 bits per heavy atom. The molecule has 0 fully saturated rings. The average Bonchev–Trinajstić information content (AvgIpc) is 2.22. The first-order valence-corrected chi connectivity index (χ1v) is 6.18. The van der Waals surface area contributed by atoms with Crippen molar-refractivity contribution in [3.8, 4) is 0 Å². The summed E-state index contributed by atoms with van der Waals surface area (Å²) in [7, 11) is 0. The fourth-order valence-electron chi connectivity index (χ4n) is 1.14. The van der Waals surface area contributed by atoms with E-state index in [0.29, 0.717) is 5.16 Å². The van der Waals surface area contributed by atoms with Gasteiger partial charge in [0.15, 0.2) is 5.16 Å². The molecule has 0 bridgehead atoms. The monoisotopic (exact) mass is 239 g/mol. The molecule has 5 heteroatoms. The number of likely N-dealkylation sites (N-methyl/N-ethyl adjacent to an activating group) is 1. The number of hydrogen-bond acceptors (Lipinski definition) is 4. The third-order valence-electron chi connectivity index (χ3n) is 1.89. The third-order valence-corrected chi connectivity index (χ3v) is 2.91. The highest BCUT2D eigenvalue weighted by molar-refractivity contribution is 7.99. The zero-order valence-electron chi connectivity index (χ0n) is 9.67. The maximum atomic E-state index is 11.2. The van der Waals surface area contributed by atoms with Gasteiger partial charge in [0.25, 0.3) is 5.56 Å². The lowest BCUT2D eigenvalue weighted by Gasteiger charge is -2.05. The Bertz CT molecular complexity index is 414. The molecule has 1 heterocycles. The summed E-state index contributed by atoms with van der Waals surface area (Å²) in [4.78, 5) is 18.1. The number of H-pyrrole nitrogens is 1. The van der Waals surface area contributed by atoms with Crippen molar-refractivity contribution in [2.75, 3.05) is 18.8 Å². The topological polar surface area (TPSA) is 57.8 Å². The fraction of sp³-hybridized carbons (Fsp3) is 0.455. The molecule has 2 N–H and O–H groups in total. The van der Waals surface area contributed by atoms with Crippen molar-refractivity contribution in [1.29, 1.82) is 0 Å². The van der Waals surface area contributed by atoms with Gasteiger partial charge < -0.3 is 10.3 Å². The molecule has 0 spiro atoms. The summed E-state index contributed by atoms with van der Waals surface area (Å²) >= 11 is 1.50. The van der Waals surface area contributed by atoms with Gasteiger partial charge >= 0.3 is 0 Å². The Labute approximate surface area is 99.6 Å². The predicted molar refractivity (Wildman–Crippen MR) is 68.0 cm³/mol. The van der Waals surface area contributed by atoms with Crippen molar-refractivity contribution < 1.29 is 0 Å². The number of aryl methyl sites for hydroxylation is 1. The molecule has 0 saturated carbocycles. The second-order valence-corrected chi connectivity index (χ2v) is 4.47. The van der Waals surface area contributed by atoms with Crippen LogP contribution < -0.4 is 10.9 Å². The van der Waals surface area contributed by atoms with Crippen molar-refractivity contribution in [2.24, 2.45) is 0 Å². The van der Waals surface area contributed by atoms with Gasteiger partial charge in [-0.05, 0) is 13.5 Å². The summed E-state index contributed by atoms with van der Waals surface area (Å²) < 4.78 is 0. The summed E-state index contributed by atoms with van der Waals surface area (Å²) in [5.41, 5.74) is 1.73. The first kappa shape index (κ1) is 13.0. The fourth-order valence-corrected chi connectivity index (χ4v) is 1.97. The number of aromatic nitrogens is 2. The molecule has 0 unspecified atom stereocenters. The number of aromatic amines is 1. The predicted octanol–water partition coefficient (Wildman–Crippen LogP) is 1.34. The molecule has 1 aromatic heterocycles. The van der Waals surface area contributed by atoms with E-state index in [1.165, 1.54) is 17.8 Å². The van der Waals surface area contributed by atoms with Gasteiger partial charge in [-0.25, -0.2) is 4.98 Å². The lowest BCUT2D eigenvalue weighted by molar-refractivity contribution is 0.778. The van der Waals surface area contributed by atoms with Crippen molar-refractivity contribution >= 4 is 11.8 Å². The van der Waals surface area contributed by atoms with Crippen molar-refractivity contribution in [1.82, 2.24) is 15.3 Å². The summed E-state index contributed by atoms with van der Waals surface area (Å²) in [6, 6.07) is 1.48. The van der Waals surface area contributed by atoms with Crippen LogP contribution in [0.25, 0.3) is 0 Å². The number of hydrogen-bond donors (Lipinski definition) is 2. The first-order chi connectivity index (χ1) is 7.61. The van der Waals surface area contributed by atoms with Crippen LogP contribution >= 0.6 is 11.8 Å². The molecule has 0 amide bonds. The number of thioether (sulfide) groups is 1. The highest BCUT2D eigenvalue weighted by atomic mass is 32.2. The Morgan fingerprint density at radius 1 is 1.69 bits per heavy atom. The maximum Gasteiger partial charge on any atom is 0.251 e. The van der Waals surface area contributed by atoms with Crippen LogP contribution in [-0.2, 0) is 0 Å². The molecular weight excluding hydrogens is 222 g/mol. The van der Waals surface area contributed by atoms with E-state index in [4.69, 9.17) is 0 Å². The highest BCUT2D eigenvalue weighted by Crippen LogP contribution is 2.13. The molecule has 0 saturated heterocycles. The molecule has 16 heavy (non-hydrogen) atoms. The lowest BCUT2D eigenvalue weighted by Crippen LogP contribution is -2.16. The second kappa shape index (κ2) is 6.50. The minimum Gasteiger partial charge on any atom is -0.313 e. The van der Waals surface area contributed by atoms with E-state index in [-0.39, 0.29) is 5.56 Å². The van der Waals surface area contributed by atoms with Crippen LogP contribution in [0.2, 0.25) is 0 Å². The molecule has 0 aromatic carbocycles. The van der Waals surface area contributed by atoms with E-state index in [1.54, 1.807) is 0 Å². The van der Waals surface area contributed by atoms with Crippen molar-refractivity contribution in [2.45, 2.75) is 19.0 Å². The maximum absolute atomic E-state index is 11.2. The summed E-state index contributed by atoms with van der Waals surface area (Å²) in [5, 5.41) is 3.86. The second-order valence-electron chi connectivity index (χ2n) is 3.51. The van der Waals surface area contributed by atoms with Crippen LogP contribution in [0, 0.1) is 6.92 Å². The summed E-state index contributed by atoms with van der Waals surface area (Å²) in [6.07, 6.45) is 0. The largest absolute Gasteiger partial charge is 0.313 e. The lowest BCUT2D eigenvalue weighted by atomic mass is 10.3. The highest BCUT2D eigenvalue weighted by Gasteiger charge is 2.00. The van der Waals surface area contributed by atoms with Gasteiger partial charge in [-0.15, -0.1) is 0 Å². The van der Waals surface area contributed by atoms with Gasteiger partial charge in [0.05, 0.1) is 0 Å². The molecule has 88 valence electrons. The van der Waals surface area contributed by atoms with Gasteiger partial charge in [0.1, 0.15) is 0 Å². The van der Waals surface area contributed by atoms with E-state index in [9.17, 15) is 4.79 Å². The molecule has 1 aromatic rings. The van der Waals surface area contributed by atoms with Crippen molar-refractivity contribution in [3.63, 3.8) is 0 Å². The average molecular weight is 239 g/mol. The SMILES string of the molecule is C=C(CNCC)CSc1nc(C)cc(=O)[nH]1. The summed E-state index contributed by atoms with van der Waals surface area (Å²) in [5.74, 6) is 0.763. The zero-order chi connectivity index (χ0) is 12.0. The first-order valence-electron chi connectivity index (χ1n) is 5.20. The van der Waals surface area contributed by atoms with E-state index >= 15 is 0 Å². The van der Waals surface area contributed by atoms with Gasteiger partial charge in [-0.1, -0.05) is 30.8 Å². The Kier molecular flexibility index (Phi) is 5.28. The molecule has 0 aliphatic heterocycles. The molecule has 4 nitrogen and oxygen atoms in total. The van der Waals surface area contributed by atoms with E-state index in [0.717, 1.165) is 30.1 Å². The molecule has 0 radical (unpaired) electrons. The molecular formula is C11H17N3OS. The van der Waals surface area contributed by atoms with E-state index in [2.05, 4.69) is 28.8 Å². The minimum absolute atomic E-state index is 0.104. The smallest absolute Gasteiger partial charge is 0.251 e. The Balaban J connectivity index is 2.48. The quantitative estimate of drug-likeness (QED) is 0.447. The number of nitrogens with one attached hydrogen (secondary N) is 2. The van der Waals surface area contributed by atoms with Crippen LogP contribution in [0.1, 0.15) is 12.6 Å². The molecule has 0 aliphatic rings.